The number of methoxy groups -OCH3 is 2. The van der Waals surface area contributed by atoms with Crippen molar-refractivity contribution in [2.24, 2.45) is 5.10 Å². The zero-order valence-electron chi connectivity index (χ0n) is 15.6. The van der Waals surface area contributed by atoms with E-state index in [9.17, 15) is 4.79 Å². The van der Waals surface area contributed by atoms with Crippen LogP contribution in [0.5, 0.6) is 17.2 Å². The maximum Gasteiger partial charge on any atom is 0.347 e. The van der Waals surface area contributed by atoms with Gasteiger partial charge in [-0.3, -0.25) is 5.43 Å². The van der Waals surface area contributed by atoms with Crippen molar-refractivity contribution in [2.75, 3.05) is 19.6 Å². The van der Waals surface area contributed by atoms with E-state index in [1.54, 1.807) is 48.7 Å². The van der Waals surface area contributed by atoms with E-state index in [-0.39, 0.29) is 0 Å². The molecule has 0 amide bonds. The second kappa shape index (κ2) is 9.23. The summed E-state index contributed by atoms with van der Waals surface area (Å²) in [7, 11) is 3.02. The molecule has 3 aromatic rings. The first-order valence-corrected chi connectivity index (χ1v) is 8.58. The molecule has 0 aromatic heterocycles. The van der Waals surface area contributed by atoms with Gasteiger partial charge in [-0.1, -0.05) is 30.3 Å². The number of para-hydroxylation sites is 2. The second-order valence-electron chi connectivity index (χ2n) is 5.74. The highest BCUT2D eigenvalue weighted by molar-refractivity contribution is 5.94. The summed E-state index contributed by atoms with van der Waals surface area (Å²) in [6.07, 6.45) is 1.65. The number of esters is 1. The van der Waals surface area contributed by atoms with Crippen LogP contribution in [0.2, 0.25) is 0 Å². The monoisotopic (exact) mass is 376 g/mol. The molecule has 1 N–H and O–H groups in total. The Kier molecular flexibility index (Phi) is 6.25. The first-order chi connectivity index (χ1) is 13.7. The number of nitrogens with one attached hydrogen (secondary N) is 1. The van der Waals surface area contributed by atoms with Gasteiger partial charge in [0.2, 0.25) is 0 Å². The quantitative estimate of drug-likeness (QED) is 0.287. The lowest BCUT2D eigenvalue weighted by molar-refractivity contribution is 0.0726. The molecular formula is C22H20N2O4. The highest BCUT2D eigenvalue weighted by Crippen LogP contribution is 2.29. The Labute approximate surface area is 163 Å². The molecule has 28 heavy (non-hydrogen) atoms. The predicted octanol–water partition coefficient (Wildman–Crippen LogP) is 4.37. The average molecular weight is 376 g/mol. The second-order valence-corrected chi connectivity index (χ2v) is 5.74. The Morgan fingerprint density at radius 2 is 1.57 bits per heavy atom. The van der Waals surface area contributed by atoms with Crippen LogP contribution in [0.1, 0.15) is 15.9 Å². The van der Waals surface area contributed by atoms with E-state index < -0.39 is 5.97 Å². The van der Waals surface area contributed by atoms with Crippen molar-refractivity contribution >= 4 is 17.9 Å². The predicted molar refractivity (Wildman–Crippen MR) is 109 cm³/mol. The molecule has 0 atom stereocenters. The van der Waals surface area contributed by atoms with E-state index in [2.05, 4.69) is 10.5 Å². The lowest BCUT2D eigenvalue weighted by Gasteiger charge is -2.11. The first kappa shape index (κ1) is 19.0. The standard InChI is InChI=1S/C22H20N2O4/c1-26-19-11-7-6-10-18(19)22(25)28-20-13-12-16(14-21(20)27-2)15-23-24-17-8-4-3-5-9-17/h3-15,24H,1-2H3. The number of ether oxygens (including phenoxy) is 3. The van der Waals surface area contributed by atoms with Gasteiger partial charge < -0.3 is 14.2 Å². The van der Waals surface area contributed by atoms with Crippen molar-refractivity contribution in [2.45, 2.75) is 0 Å². The van der Waals surface area contributed by atoms with Crippen molar-refractivity contribution in [3.63, 3.8) is 0 Å². The fraction of sp³-hybridized carbons (Fsp3) is 0.0909. The summed E-state index contributed by atoms with van der Waals surface area (Å²) >= 11 is 0. The third-order valence-electron chi connectivity index (χ3n) is 3.90. The van der Waals surface area contributed by atoms with Crippen molar-refractivity contribution < 1.29 is 19.0 Å². The fourth-order valence-corrected chi connectivity index (χ4v) is 2.51. The smallest absolute Gasteiger partial charge is 0.347 e. The van der Waals surface area contributed by atoms with E-state index in [0.29, 0.717) is 22.8 Å². The molecule has 0 unspecified atom stereocenters. The lowest BCUT2D eigenvalue weighted by Crippen LogP contribution is -2.10. The van der Waals surface area contributed by atoms with Crippen LogP contribution in [-0.4, -0.2) is 26.4 Å². The highest BCUT2D eigenvalue weighted by atomic mass is 16.6. The average Bonchev–Trinajstić information content (AvgIpc) is 2.75. The van der Waals surface area contributed by atoms with Crippen LogP contribution in [0.3, 0.4) is 0 Å². The largest absolute Gasteiger partial charge is 0.496 e. The van der Waals surface area contributed by atoms with E-state index >= 15 is 0 Å². The maximum absolute atomic E-state index is 12.5. The molecule has 0 bridgehead atoms. The minimum absolute atomic E-state index is 0.312. The first-order valence-electron chi connectivity index (χ1n) is 8.58. The number of hydrogen-bond acceptors (Lipinski definition) is 6. The molecular weight excluding hydrogens is 356 g/mol. The zero-order chi connectivity index (χ0) is 19.8. The Morgan fingerprint density at radius 3 is 2.32 bits per heavy atom. The van der Waals surface area contributed by atoms with Crippen molar-refractivity contribution in [1.82, 2.24) is 0 Å². The van der Waals surface area contributed by atoms with Crippen molar-refractivity contribution in [3.05, 3.63) is 83.9 Å². The molecule has 6 nitrogen and oxygen atoms in total. The summed E-state index contributed by atoms with van der Waals surface area (Å²) in [6, 6.07) is 21.7. The molecule has 0 spiro atoms. The minimum Gasteiger partial charge on any atom is -0.496 e. The van der Waals surface area contributed by atoms with Crippen LogP contribution in [0.4, 0.5) is 5.69 Å². The summed E-state index contributed by atoms with van der Waals surface area (Å²) in [4.78, 5) is 12.5. The van der Waals surface area contributed by atoms with Gasteiger partial charge in [-0.05, 0) is 48.0 Å². The number of benzene rings is 3. The number of rotatable bonds is 7. The van der Waals surface area contributed by atoms with E-state index in [4.69, 9.17) is 14.2 Å². The van der Waals surface area contributed by atoms with Crippen molar-refractivity contribution in [1.29, 1.82) is 0 Å². The van der Waals surface area contributed by atoms with Gasteiger partial charge in [0.25, 0.3) is 0 Å². The van der Waals surface area contributed by atoms with E-state index in [1.807, 2.05) is 30.3 Å². The van der Waals surface area contributed by atoms with Gasteiger partial charge in [-0.15, -0.1) is 0 Å². The van der Waals surface area contributed by atoms with Gasteiger partial charge in [-0.2, -0.15) is 5.10 Å². The van der Waals surface area contributed by atoms with Crippen LogP contribution in [0, 0.1) is 0 Å². The SMILES string of the molecule is COc1cc(C=NNc2ccccc2)ccc1OC(=O)c1ccccc1OC. The lowest BCUT2D eigenvalue weighted by atomic mass is 10.2. The molecule has 0 aliphatic heterocycles. The Morgan fingerprint density at radius 1 is 0.857 bits per heavy atom. The van der Waals surface area contributed by atoms with Gasteiger partial charge in [0.05, 0.1) is 26.1 Å². The van der Waals surface area contributed by atoms with Crippen LogP contribution in [0.25, 0.3) is 0 Å². The molecule has 0 fully saturated rings. The number of hydrazone groups is 1. The Bertz CT molecular complexity index is 971. The summed E-state index contributed by atoms with van der Waals surface area (Å²) in [5.41, 5.74) is 4.95. The minimum atomic E-state index is -0.525. The summed E-state index contributed by atoms with van der Waals surface area (Å²) in [5, 5.41) is 4.19. The van der Waals surface area contributed by atoms with Gasteiger partial charge >= 0.3 is 5.97 Å². The van der Waals surface area contributed by atoms with Gasteiger partial charge in [0.1, 0.15) is 11.3 Å². The van der Waals surface area contributed by atoms with Crippen molar-refractivity contribution in [3.8, 4) is 17.2 Å². The molecule has 142 valence electrons. The number of nitrogens with zero attached hydrogens (tertiary/aromatic N) is 1. The molecule has 3 rings (SSSR count). The summed E-state index contributed by atoms with van der Waals surface area (Å²) in [6.45, 7) is 0. The summed E-state index contributed by atoms with van der Waals surface area (Å²) in [5.74, 6) is 0.656. The third-order valence-corrected chi connectivity index (χ3v) is 3.90. The normalized spacial score (nSPS) is 10.5. The van der Waals surface area contributed by atoms with Gasteiger partial charge in [-0.25, -0.2) is 4.79 Å². The van der Waals surface area contributed by atoms with Crippen LogP contribution in [0.15, 0.2) is 77.9 Å². The van der Waals surface area contributed by atoms with Crippen LogP contribution in [-0.2, 0) is 0 Å². The maximum atomic E-state index is 12.5. The molecule has 6 heteroatoms. The molecule has 0 saturated carbocycles. The molecule has 0 saturated heterocycles. The highest BCUT2D eigenvalue weighted by Gasteiger charge is 2.16. The number of carbonyl (C=O) groups is 1. The summed E-state index contributed by atoms with van der Waals surface area (Å²) < 4.78 is 16.0. The van der Waals surface area contributed by atoms with E-state index in [1.165, 1.54) is 14.2 Å². The molecule has 0 aliphatic carbocycles. The van der Waals surface area contributed by atoms with Gasteiger partial charge in [0.15, 0.2) is 11.5 Å². The topological polar surface area (TPSA) is 69.1 Å². The molecule has 0 aliphatic rings. The number of hydrogen-bond donors (Lipinski definition) is 1. The number of anilines is 1. The zero-order valence-corrected chi connectivity index (χ0v) is 15.6. The molecule has 0 heterocycles. The fourth-order valence-electron chi connectivity index (χ4n) is 2.51. The molecule has 3 aromatic carbocycles. The van der Waals surface area contributed by atoms with Crippen LogP contribution >= 0.6 is 0 Å². The third kappa shape index (κ3) is 4.67. The Hall–Kier alpha value is -3.80. The van der Waals surface area contributed by atoms with Gasteiger partial charge in [0, 0.05) is 0 Å². The number of carbonyl (C=O) groups excluding carboxylic acids is 1. The Balaban J connectivity index is 1.73. The molecule has 0 radical (unpaired) electrons. The van der Waals surface area contributed by atoms with Crippen LogP contribution < -0.4 is 19.6 Å². The van der Waals surface area contributed by atoms with E-state index in [0.717, 1.165) is 11.3 Å².